The molecule has 160 valence electrons. The quantitative estimate of drug-likeness (QED) is 0.452. The monoisotopic (exact) mass is 409 g/mol. The highest BCUT2D eigenvalue weighted by atomic mass is 16.3. The number of nitrogens with zero attached hydrogens (tertiary/aromatic N) is 1. The lowest BCUT2D eigenvalue weighted by molar-refractivity contribution is 0.271. The second kappa shape index (κ2) is 8.15. The lowest BCUT2D eigenvalue weighted by atomic mass is 9.73. The van der Waals surface area contributed by atoms with E-state index in [2.05, 4.69) is 45.2 Å². The molecule has 2 fully saturated rings. The summed E-state index contributed by atoms with van der Waals surface area (Å²) in [5.74, 6) is 2.36. The zero-order chi connectivity index (χ0) is 20.7. The molecule has 4 unspecified atom stereocenters. The van der Waals surface area contributed by atoms with Crippen LogP contribution >= 0.6 is 0 Å². The Morgan fingerprint density at radius 2 is 2.10 bits per heavy atom. The second-order valence-corrected chi connectivity index (χ2v) is 8.83. The van der Waals surface area contributed by atoms with Gasteiger partial charge in [-0.2, -0.15) is 0 Å². The molecular formula is C23H31N5O2. The molecule has 5 atom stereocenters. The molecule has 5 rings (SSSR count). The van der Waals surface area contributed by atoms with Crippen molar-refractivity contribution in [2.24, 2.45) is 5.92 Å². The van der Waals surface area contributed by atoms with Gasteiger partial charge in [0.2, 0.25) is 0 Å². The Balaban J connectivity index is 1.29. The average Bonchev–Trinajstić information content (AvgIpc) is 3.51. The van der Waals surface area contributed by atoms with E-state index in [4.69, 9.17) is 0 Å². The molecule has 1 aliphatic carbocycles. The summed E-state index contributed by atoms with van der Waals surface area (Å²) in [6.45, 7) is 3.02. The molecule has 1 aromatic carbocycles. The number of phenolic OH excluding ortho intramolecular Hbond substituents is 1. The van der Waals surface area contributed by atoms with E-state index in [9.17, 15) is 10.2 Å². The van der Waals surface area contributed by atoms with Gasteiger partial charge in [-0.3, -0.25) is 5.43 Å². The molecule has 7 nitrogen and oxygen atoms in total. The van der Waals surface area contributed by atoms with Crippen molar-refractivity contribution in [3.63, 3.8) is 0 Å². The molecule has 0 spiro atoms. The minimum absolute atomic E-state index is 0.0330. The molecule has 0 radical (unpaired) electrons. The number of aliphatic hydroxyl groups is 1. The fraction of sp³-hybridized carbons (Fsp3) is 0.522. The van der Waals surface area contributed by atoms with E-state index >= 15 is 0 Å². The molecule has 3 aliphatic rings. The maximum Gasteiger partial charge on any atom is 0.125 e. The van der Waals surface area contributed by atoms with Crippen LogP contribution in [0.3, 0.4) is 0 Å². The number of imidazole rings is 1. The Bertz CT molecular complexity index is 939. The molecule has 1 saturated heterocycles. The third kappa shape index (κ3) is 3.56. The molecule has 0 bridgehead atoms. The number of hydrogen-bond acceptors (Lipinski definition) is 6. The van der Waals surface area contributed by atoms with E-state index in [0.717, 1.165) is 43.7 Å². The first-order valence-corrected chi connectivity index (χ1v) is 11.1. The normalized spacial score (nSPS) is 31.0. The first-order chi connectivity index (χ1) is 14.7. The molecule has 1 saturated carbocycles. The predicted octanol–water partition coefficient (Wildman–Crippen LogP) is 2.13. The SMILES string of the molecule is CCc1cc(O)ccc1C1CCC2C(C1)NNC2c1ncc(C2=C[C@H](CO)NC2)[nH]1. The number of fused-ring (bicyclic) bond motifs is 1. The molecular weight excluding hydrogens is 378 g/mol. The fourth-order valence-electron chi connectivity index (χ4n) is 5.47. The number of aromatic hydroxyl groups is 1. The van der Waals surface area contributed by atoms with Gasteiger partial charge in [-0.15, -0.1) is 0 Å². The number of aliphatic hydroxyl groups excluding tert-OH is 1. The largest absolute Gasteiger partial charge is 0.508 e. The summed E-state index contributed by atoms with van der Waals surface area (Å²) in [4.78, 5) is 8.19. The van der Waals surface area contributed by atoms with Crippen molar-refractivity contribution in [1.29, 1.82) is 0 Å². The van der Waals surface area contributed by atoms with Gasteiger partial charge in [-0.05, 0) is 66.4 Å². The highest BCUT2D eigenvalue weighted by molar-refractivity contribution is 5.66. The van der Waals surface area contributed by atoms with Crippen molar-refractivity contribution in [1.82, 2.24) is 26.1 Å². The number of aromatic nitrogens is 2. The van der Waals surface area contributed by atoms with Crippen molar-refractivity contribution in [2.45, 2.75) is 56.7 Å². The van der Waals surface area contributed by atoms with Crippen LogP contribution in [0.2, 0.25) is 0 Å². The van der Waals surface area contributed by atoms with Gasteiger partial charge in [0.05, 0.1) is 24.5 Å². The van der Waals surface area contributed by atoms with Crippen LogP contribution in [0.1, 0.15) is 60.8 Å². The first-order valence-electron chi connectivity index (χ1n) is 11.1. The van der Waals surface area contributed by atoms with Gasteiger partial charge in [0.15, 0.2) is 0 Å². The van der Waals surface area contributed by atoms with Crippen LogP contribution in [0.4, 0.5) is 0 Å². The third-order valence-corrected chi connectivity index (χ3v) is 7.09. The van der Waals surface area contributed by atoms with Crippen molar-refractivity contribution in [3.05, 3.63) is 53.1 Å². The van der Waals surface area contributed by atoms with E-state index in [1.165, 1.54) is 16.7 Å². The number of nitrogens with one attached hydrogen (secondary N) is 4. The zero-order valence-electron chi connectivity index (χ0n) is 17.4. The minimum atomic E-state index is 0.0330. The van der Waals surface area contributed by atoms with E-state index < -0.39 is 0 Å². The molecule has 2 aromatic rings. The summed E-state index contributed by atoms with van der Waals surface area (Å²) < 4.78 is 0. The van der Waals surface area contributed by atoms with Gasteiger partial charge < -0.3 is 20.5 Å². The zero-order valence-corrected chi connectivity index (χ0v) is 17.4. The molecule has 30 heavy (non-hydrogen) atoms. The van der Waals surface area contributed by atoms with Crippen molar-refractivity contribution in [3.8, 4) is 5.75 Å². The molecule has 3 heterocycles. The third-order valence-electron chi connectivity index (χ3n) is 7.09. The lowest BCUT2D eigenvalue weighted by Gasteiger charge is -2.33. The minimum Gasteiger partial charge on any atom is -0.508 e. The van der Waals surface area contributed by atoms with E-state index in [0.29, 0.717) is 23.6 Å². The summed E-state index contributed by atoms with van der Waals surface area (Å²) in [6.07, 6.45) is 8.31. The maximum atomic E-state index is 9.83. The molecule has 0 amide bonds. The summed E-state index contributed by atoms with van der Waals surface area (Å²) in [5, 5.41) is 22.4. The molecule has 6 N–H and O–H groups in total. The number of aryl methyl sites for hydroxylation is 1. The summed E-state index contributed by atoms with van der Waals surface area (Å²) in [5.41, 5.74) is 11.9. The van der Waals surface area contributed by atoms with Gasteiger partial charge in [-0.1, -0.05) is 19.1 Å². The van der Waals surface area contributed by atoms with Crippen LogP contribution < -0.4 is 16.2 Å². The maximum absolute atomic E-state index is 9.83. The van der Waals surface area contributed by atoms with E-state index in [1.807, 2.05) is 18.3 Å². The summed E-state index contributed by atoms with van der Waals surface area (Å²) >= 11 is 0. The van der Waals surface area contributed by atoms with Crippen LogP contribution in [0.15, 0.2) is 30.5 Å². The Morgan fingerprint density at radius 3 is 2.90 bits per heavy atom. The Morgan fingerprint density at radius 1 is 1.20 bits per heavy atom. The van der Waals surface area contributed by atoms with Crippen LogP contribution in [0.5, 0.6) is 5.75 Å². The van der Waals surface area contributed by atoms with Crippen LogP contribution in [0.25, 0.3) is 5.57 Å². The Kier molecular flexibility index (Phi) is 5.37. The van der Waals surface area contributed by atoms with Gasteiger partial charge in [0.25, 0.3) is 0 Å². The van der Waals surface area contributed by atoms with Gasteiger partial charge in [-0.25, -0.2) is 10.4 Å². The number of hydrogen-bond donors (Lipinski definition) is 6. The highest BCUT2D eigenvalue weighted by Gasteiger charge is 2.42. The Labute approximate surface area is 177 Å². The number of phenols is 1. The highest BCUT2D eigenvalue weighted by Crippen LogP contribution is 2.44. The predicted molar refractivity (Wildman–Crippen MR) is 116 cm³/mol. The van der Waals surface area contributed by atoms with Crippen LogP contribution in [-0.2, 0) is 6.42 Å². The van der Waals surface area contributed by atoms with E-state index in [1.54, 1.807) is 0 Å². The van der Waals surface area contributed by atoms with Gasteiger partial charge in [0, 0.05) is 18.6 Å². The topological polar surface area (TPSA) is 105 Å². The number of H-pyrrole nitrogens is 1. The standard InChI is InChI=1S/C23H31N5O2/c1-2-13-8-17(30)4-6-18(13)14-3-5-19-20(9-14)27-28-22(19)23-25-11-21(26-23)15-7-16(12-29)24-10-15/h4,6-8,11,14,16,19-20,22,24,27-30H,2-3,5,9-10,12H2,1H3,(H,25,26)/t14?,16-,19?,20?,22?/m1/s1. The van der Waals surface area contributed by atoms with Crippen molar-refractivity contribution in [2.75, 3.05) is 13.2 Å². The summed E-state index contributed by atoms with van der Waals surface area (Å²) in [7, 11) is 0. The number of aromatic amines is 1. The second-order valence-electron chi connectivity index (χ2n) is 8.83. The molecule has 2 aliphatic heterocycles. The van der Waals surface area contributed by atoms with Gasteiger partial charge in [0.1, 0.15) is 11.6 Å². The lowest BCUT2D eigenvalue weighted by Crippen LogP contribution is -2.35. The number of rotatable bonds is 5. The average molecular weight is 410 g/mol. The Hall–Kier alpha value is -2.19. The number of benzene rings is 1. The number of hydrazine groups is 1. The van der Waals surface area contributed by atoms with Crippen LogP contribution in [-0.4, -0.2) is 45.4 Å². The molecule has 1 aromatic heterocycles. The summed E-state index contributed by atoms with van der Waals surface area (Å²) in [6, 6.07) is 6.47. The fourth-order valence-corrected chi connectivity index (χ4v) is 5.47. The smallest absolute Gasteiger partial charge is 0.125 e. The molecule has 7 heteroatoms. The first kappa shape index (κ1) is 19.8. The van der Waals surface area contributed by atoms with Crippen molar-refractivity contribution < 1.29 is 10.2 Å². The van der Waals surface area contributed by atoms with Crippen molar-refractivity contribution >= 4 is 5.57 Å². The van der Waals surface area contributed by atoms with Crippen LogP contribution in [0, 0.1) is 5.92 Å². The van der Waals surface area contributed by atoms with E-state index in [-0.39, 0.29) is 18.7 Å². The van der Waals surface area contributed by atoms with Gasteiger partial charge >= 0.3 is 0 Å².